The molecule has 10 nitrogen and oxygen atoms in total. The van der Waals surface area contributed by atoms with Crippen molar-refractivity contribution in [2.24, 2.45) is 5.73 Å². The van der Waals surface area contributed by atoms with Crippen molar-refractivity contribution in [1.82, 2.24) is 10.0 Å². The average molecular weight is 594 g/mol. The Hall–Kier alpha value is -3.97. The van der Waals surface area contributed by atoms with Crippen LogP contribution in [0.5, 0.6) is 0 Å². The minimum atomic E-state index is -4.51. The number of primary amides is 1. The van der Waals surface area contributed by atoms with Crippen molar-refractivity contribution >= 4 is 38.6 Å². The second-order valence-electron chi connectivity index (χ2n) is 9.91. The van der Waals surface area contributed by atoms with Gasteiger partial charge in [-0.3, -0.25) is 14.4 Å². The van der Waals surface area contributed by atoms with Crippen molar-refractivity contribution in [3.8, 4) is 21.8 Å². The average Bonchev–Trinajstić information content (AvgIpc) is 3.65. The highest BCUT2D eigenvalue weighted by molar-refractivity contribution is 7.94. The standard InChI is InChI=1S/C29H27N3O7S2/c1-18(33)21-4-2-3-5-22(21)28(35)25-16-32(36)13-12-29(14-27(30)34,41(25,37)38)26-11-10-24(40-26)20-8-6-19(7-9-20)23-15-31-17-39-23/h2-11,15,17,25,36H,12-14,16H2,1H3,(H2,30,34). The Morgan fingerprint density at radius 2 is 1.76 bits per heavy atom. The number of benzene rings is 2. The third kappa shape index (κ3) is 5.26. The molecule has 0 bridgehead atoms. The van der Waals surface area contributed by atoms with Gasteiger partial charge in [0.1, 0.15) is 10.00 Å². The molecule has 1 aliphatic heterocycles. The number of ketones is 2. The van der Waals surface area contributed by atoms with Gasteiger partial charge in [0.25, 0.3) is 0 Å². The molecule has 1 fully saturated rings. The molecule has 1 aliphatic rings. The van der Waals surface area contributed by atoms with Crippen LogP contribution < -0.4 is 5.73 Å². The third-order valence-electron chi connectivity index (χ3n) is 7.33. The van der Waals surface area contributed by atoms with Crippen LogP contribution in [0.1, 0.15) is 45.4 Å². The van der Waals surface area contributed by atoms with Crippen LogP contribution in [0.2, 0.25) is 0 Å². The van der Waals surface area contributed by atoms with Gasteiger partial charge < -0.3 is 15.4 Å². The summed E-state index contributed by atoms with van der Waals surface area (Å²) in [5.41, 5.74) is 7.25. The number of hydrogen-bond acceptors (Lipinski definition) is 10. The number of aromatic nitrogens is 1. The molecule has 3 N–H and O–H groups in total. The van der Waals surface area contributed by atoms with Crippen molar-refractivity contribution in [1.29, 1.82) is 0 Å². The van der Waals surface area contributed by atoms with E-state index in [0.29, 0.717) is 10.6 Å². The maximum atomic E-state index is 14.5. The van der Waals surface area contributed by atoms with Crippen molar-refractivity contribution in [2.75, 3.05) is 13.1 Å². The third-order valence-corrected chi connectivity index (χ3v) is 11.6. The summed E-state index contributed by atoms with van der Waals surface area (Å²) in [6.07, 6.45) is 2.19. The van der Waals surface area contributed by atoms with Crippen LogP contribution in [0.25, 0.3) is 21.8 Å². The van der Waals surface area contributed by atoms with Gasteiger partial charge in [0.2, 0.25) is 5.91 Å². The van der Waals surface area contributed by atoms with Gasteiger partial charge in [0.15, 0.2) is 33.6 Å². The lowest BCUT2D eigenvalue weighted by Crippen LogP contribution is -2.48. The van der Waals surface area contributed by atoms with E-state index >= 15 is 0 Å². The first kappa shape index (κ1) is 28.6. The predicted molar refractivity (Wildman–Crippen MR) is 152 cm³/mol. The van der Waals surface area contributed by atoms with Gasteiger partial charge in [-0.15, -0.1) is 11.3 Å². The predicted octanol–water partition coefficient (Wildman–Crippen LogP) is 4.10. The molecule has 1 amide bonds. The number of Topliss-reactive ketones (excluding diaryl/α,β-unsaturated/α-hetero) is 2. The van der Waals surface area contributed by atoms with E-state index in [2.05, 4.69) is 4.98 Å². The quantitative estimate of drug-likeness (QED) is 0.287. The van der Waals surface area contributed by atoms with Gasteiger partial charge in [-0.1, -0.05) is 48.5 Å². The lowest BCUT2D eigenvalue weighted by atomic mass is 9.97. The first-order valence-electron chi connectivity index (χ1n) is 12.7. The van der Waals surface area contributed by atoms with Crippen molar-refractivity contribution in [3.63, 3.8) is 0 Å². The Labute approximate surface area is 240 Å². The highest BCUT2D eigenvalue weighted by Crippen LogP contribution is 2.47. The zero-order valence-corrected chi connectivity index (χ0v) is 23.7. The number of sulfone groups is 1. The number of nitrogens with zero attached hydrogens (tertiary/aromatic N) is 2. The molecule has 0 saturated carbocycles. The molecule has 4 aromatic rings. The van der Waals surface area contributed by atoms with Gasteiger partial charge in [-0.05, 0) is 31.0 Å². The fourth-order valence-corrected chi connectivity index (χ4v) is 9.21. The van der Waals surface area contributed by atoms with Gasteiger partial charge in [-0.25, -0.2) is 13.4 Å². The smallest absolute Gasteiger partial charge is 0.219 e. The maximum Gasteiger partial charge on any atom is 0.219 e. The number of nitrogens with two attached hydrogens (primary N) is 1. The molecule has 0 aliphatic carbocycles. The van der Waals surface area contributed by atoms with E-state index in [0.717, 1.165) is 21.1 Å². The first-order chi connectivity index (χ1) is 19.5. The zero-order chi connectivity index (χ0) is 29.4. The lowest BCUT2D eigenvalue weighted by molar-refractivity contribution is -0.119. The minimum Gasteiger partial charge on any atom is -0.444 e. The summed E-state index contributed by atoms with van der Waals surface area (Å²) in [5.74, 6) is -1.49. The van der Waals surface area contributed by atoms with Crippen LogP contribution in [0, 0.1) is 0 Å². The molecule has 0 spiro atoms. The highest BCUT2D eigenvalue weighted by atomic mass is 32.2. The molecular formula is C29H27N3O7S2. The summed E-state index contributed by atoms with van der Waals surface area (Å²) in [6.45, 7) is 0.646. The molecule has 3 heterocycles. The summed E-state index contributed by atoms with van der Waals surface area (Å²) < 4.78 is 32.5. The van der Waals surface area contributed by atoms with Crippen molar-refractivity contribution < 1.29 is 32.4 Å². The SMILES string of the molecule is CC(=O)c1ccccc1C(=O)C1CN(O)CCC(CC(N)=O)(c2ccc(-c3ccc(-c4cnco4)cc3)s2)S1(=O)=O. The minimum absolute atomic E-state index is 0.0597. The Morgan fingerprint density at radius 3 is 2.39 bits per heavy atom. The molecule has 1 saturated heterocycles. The number of amides is 1. The Bertz CT molecular complexity index is 1710. The van der Waals surface area contributed by atoms with Crippen molar-refractivity contribution in [2.45, 2.75) is 29.8 Å². The van der Waals surface area contributed by atoms with Gasteiger partial charge in [0, 0.05) is 39.5 Å². The fourth-order valence-electron chi connectivity index (χ4n) is 5.22. The van der Waals surface area contributed by atoms with Crippen LogP contribution >= 0.6 is 11.3 Å². The lowest BCUT2D eigenvalue weighted by Gasteiger charge is -2.32. The molecule has 12 heteroatoms. The summed E-state index contributed by atoms with van der Waals surface area (Å²) in [4.78, 5) is 43.4. The molecule has 2 aromatic heterocycles. The van der Waals surface area contributed by atoms with E-state index < -0.39 is 50.3 Å². The van der Waals surface area contributed by atoms with Gasteiger partial charge >= 0.3 is 0 Å². The van der Waals surface area contributed by atoms with E-state index in [4.69, 9.17) is 10.2 Å². The Kier molecular flexibility index (Phi) is 7.75. The number of hydrogen-bond donors (Lipinski definition) is 2. The van der Waals surface area contributed by atoms with E-state index in [-0.39, 0.29) is 24.1 Å². The van der Waals surface area contributed by atoms with Crippen molar-refractivity contribution in [3.05, 3.63) is 89.3 Å². The van der Waals surface area contributed by atoms with Crippen LogP contribution in [-0.2, 0) is 19.4 Å². The molecule has 41 heavy (non-hydrogen) atoms. The van der Waals surface area contributed by atoms with Crippen LogP contribution in [0.3, 0.4) is 0 Å². The van der Waals surface area contributed by atoms with E-state index in [1.54, 1.807) is 24.4 Å². The topological polar surface area (TPSA) is 161 Å². The molecule has 2 aromatic carbocycles. The van der Waals surface area contributed by atoms with Gasteiger partial charge in [0.05, 0.1) is 12.6 Å². The number of oxazole rings is 1. The molecule has 5 rings (SSSR count). The fraction of sp³-hybridized carbons (Fsp3) is 0.241. The summed E-state index contributed by atoms with van der Waals surface area (Å²) in [5, 5.41) is 9.62. The second kappa shape index (κ2) is 11.1. The Morgan fingerprint density at radius 1 is 1.07 bits per heavy atom. The van der Waals surface area contributed by atoms with Crippen LogP contribution in [0.15, 0.2) is 77.7 Å². The highest BCUT2D eigenvalue weighted by Gasteiger charge is 2.55. The number of hydroxylamine groups is 2. The van der Waals surface area contributed by atoms with E-state index in [1.165, 1.54) is 42.9 Å². The van der Waals surface area contributed by atoms with Crippen LogP contribution in [0.4, 0.5) is 0 Å². The van der Waals surface area contributed by atoms with E-state index in [9.17, 15) is 28.0 Å². The van der Waals surface area contributed by atoms with E-state index in [1.807, 2.05) is 24.3 Å². The maximum absolute atomic E-state index is 14.5. The molecular weight excluding hydrogens is 566 g/mol. The monoisotopic (exact) mass is 593 g/mol. The van der Waals surface area contributed by atoms with Gasteiger partial charge in [-0.2, -0.15) is 5.06 Å². The first-order valence-corrected chi connectivity index (χ1v) is 15.1. The summed E-state index contributed by atoms with van der Waals surface area (Å²) in [6, 6.07) is 16.8. The Balaban J connectivity index is 1.59. The summed E-state index contributed by atoms with van der Waals surface area (Å²) >= 11 is 1.18. The normalized spacial score (nSPS) is 20.8. The van der Waals surface area contributed by atoms with Crippen LogP contribution in [-0.4, -0.2) is 59.5 Å². The second-order valence-corrected chi connectivity index (χ2v) is 13.4. The zero-order valence-electron chi connectivity index (χ0n) is 22.0. The number of carbonyl (C=O) groups is 3. The number of thiophene rings is 1. The summed E-state index contributed by atoms with van der Waals surface area (Å²) in [7, 11) is -4.51. The largest absolute Gasteiger partial charge is 0.444 e. The molecule has 0 radical (unpaired) electrons. The molecule has 212 valence electrons. The molecule has 2 atom stereocenters. The number of carbonyl (C=O) groups excluding carboxylic acids is 3. The molecule has 2 unspecified atom stereocenters. The number of rotatable bonds is 8.